The topological polar surface area (TPSA) is 50.2 Å². The largest absolute Gasteiger partial charge is 0.345 e. The molecular formula is C11H20N4O. The van der Waals surface area contributed by atoms with Gasteiger partial charge in [0, 0.05) is 32.5 Å². The zero-order valence-corrected chi connectivity index (χ0v) is 10.2. The first-order valence-corrected chi connectivity index (χ1v) is 5.63. The molecule has 5 heteroatoms. The van der Waals surface area contributed by atoms with Gasteiger partial charge >= 0.3 is 0 Å². The SMILES string of the molecule is CCN(C)C(=O)CNCc1nccn1CC. The molecule has 0 aromatic carbocycles. The van der Waals surface area contributed by atoms with E-state index in [-0.39, 0.29) is 5.91 Å². The van der Waals surface area contributed by atoms with Crippen LogP contribution in [0.25, 0.3) is 0 Å². The van der Waals surface area contributed by atoms with Crippen LogP contribution in [0, 0.1) is 0 Å². The van der Waals surface area contributed by atoms with Crippen molar-refractivity contribution in [3.63, 3.8) is 0 Å². The molecule has 0 radical (unpaired) electrons. The molecule has 5 nitrogen and oxygen atoms in total. The molecule has 0 unspecified atom stereocenters. The minimum Gasteiger partial charge on any atom is -0.345 e. The third-order valence-corrected chi connectivity index (χ3v) is 2.60. The molecule has 1 amide bonds. The highest BCUT2D eigenvalue weighted by Gasteiger charge is 2.06. The van der Waals surface area contributed by atoms with E-state index in [1.807, 2.05) is 13.1 Å². The number of nitrogens with zero attached hydrogens (tertiary/aromatic N) is 3. The Labute approximate surface area is 96.5 Å². The first-order chi connectivity index (χ1) is 7.69. The number of rotatable bonds is 6. The van der Waals surface area contributed by atoms with Gasteiger partial charge in [-0.25, -0.2) is 4.98 Å². The highest BCUT2D eigenvalue weighted by molar-refractivity contribution is 5.77. The average Bonchev–Trinajstić information content (AvgIpc) is 2.75. The van der Waals surface area contributed by atoms with E-state index >= 15 is 0 Å². The smallest absolute Gasteiger partial charge is 0.236 e. The molecule has 1 aromatic heterocycles. The van der Waals surface area contributed by atoms with Gasteiger partial charge in [-0.05, 0) is 13.8 Å². The number of hydrogen-bond acceptors (Lipinski definition) is 3. The predicted molar refractivity (Wildman–Crippen MR) is 62.9 cm³/mol. The fourth-order valence-electron chi connectivity index (χ4n) is 1.39. The van der Waals surface area contributed by atoms with E-state index in [9.17, 15) is 4.79 Å². The number of nitrogens with one attached hydrogen (secondary N) is 1. The molecule has 0 bridgehead atoms. The van der Waals surface area contributed by atoms with Gasteiger partial charge in [-0.3, -0.25) is 4.79 Å². The lowest BCUT2D eigenvalue weighted by Gasteiger charge is -2.14. The Morgan fingerprint density at radius 1 is 1.56 bits per heavy atom. The van der Waals surface area contributed by atoms with E-state index in [1.54, 1.807) is 18.1 Å². The van der Waals surface area contributed by atoms with Gasteiger partial charge < -0.3 is 14.8 Å². The van der Waals surface area contributed by atoms with Crippen LogP contribution >= 0.6 is 0 Å². The van der Waals surface area contributed by atoms with Crippen molar-refractivity contribution in [1.82, 2.24) is 19.8 Å². The van der Waals surface area contributed by atoms with Crippen LogP contribution in [0.2, 0.25) is 0 Å². The fourth-order valence-corrected chi connectivity index (χ4v) is 1.39. The Morgan fingerprint density at radius 2 is 2.31 bits per heavy atom. The summed E-state index contributed by atoms with van der Waals surface area (Å²) in [6.07, 6.45) is 3.72. The number of imidazole rings is 1. The molecule has 1 rings (SSSR count). The van der Waals surface area contributed by atoms with Crippen LogP contribution in [0.15, 0.2) is 12.4 Å². The second kappa shape index (κ2) is 6.27. The van der Waals surface area contributed by atoms with Crippen LogP contribution in [-0.2, 0) is 17.9 Å². The third kappa shape index (κ3) is 3.34. The highest BCUT2D eigenvalue weighted by Crippen LogP contribution is 1.96. The average molecular weight is 224 g/mol. The summed E-state index contributed by atoms with van der Waals surface area (Å²) in [6.45, 7) is 6.66. The number of likely N-dealkylation sites (N-methyl/N-ethyl adjacent to an activating group) is 1. The van der Waals surface area contributed by atoms with Crippen molar-refractivity contribution in [2.75, 3.05) is 20.1 Å². The quantitative estimate of drug-likeness (QED) is 0.764. The van der Waals surface area contributed by atoms with Crippen molar-refractivity contribution in [2.24, 2.45) is 0 Å². The van der Waals surface area contributed by atoms with Gasteiger partial charge in [0.05, 0.1) is 13.1 Å². The van der Waals surface area contributed by atoms with Crippen molar-refractivity contribution in [3.05, 3.63) is 18.2 Å². The van der Waals surface area contributed by atoms with Gasteiger partial charge in [-0.2, -0.15) is 0 Å². The number of carbonyl (C=O) groups excluding carboxylic acids is 1. The van der Waals surface area contributed by atoms with Crippen LogP contribution in [0.1, 0.15) is 19.7 Å². The van der Waals surface area contributed by atoms with Crippen LogP contribution in [0.5, 0.6) is 0 Å². The van der Waals surface area contributed by atoms with E-state index < -0.39 is 0 Å². The van der Waals surface area contributed by atoms with Crippen LogP contribution in [0.3, 0.4) is 0 Å². The molecular weight excluding hydrogens is 204 g/mol. The van der Waals surface area contributed by atoms with Crippen molar-refractivity contribution >= 4 is 5.91 Å². The van der Waals surface area contributed by atoms with Gasteiger partial charge in [0.25, 0.3) is 0 Å². The molecule has 0 aliphatic rings. The molecule has 16 heavy (non-hydrogen) atoms. The summed E-state index contributed by atoms with van der Waals surface area (Å²) in [4.78, 5) is 17.4. The van der Waals surface area contributed by atoms with E-state index in [0.717, 1.165) is 18.9 Å². The first kappa shape index (κ1) is 12.7. The molecule has 0 fully saturated rings. The summed E-state index contributed by atoms with van der Waals surface area (Å²) < 4.78 is 2.06. The summed E-state index contributed by atoms with van der Waals surface area (Å²) in [5, 5.41) is 3.10. The van der Waals surface area contributed by atoms with Crippen LogP contribution in [0.4, 0.5) is 0 Å². The molecule has 0 aliphatic heterocycles. The van der Waals surface area contributed by atoms with Gasteiger partial charge in [0.1, 0.15) is 5.82 Å². The van der Waals surface area contributed by atoms with E-state index in [2.05, 4.69) is 21.8 Å². The molecule has 0 saturated heterocycles. The van der Waals surface area contributed by atoms with Gasteiger partial charge in [0.15, 0.2) is 0 Å². The van der Waals surface area contributed by atoms with Crippen molar-refractivity contribution in [2.45, 2.75) is 26.9 Å². The second-order valence-electron chi connectivity index (χ2n) is 3.64. The molecule has 1 aromatic rings. The van der Waals surface area contributed by atoms with Crippen molar-refractivity contribution in [3.8, 4) is 0 Å². The van der Waals surface area contributed by atoms with Crippen LogP contribution < -0.4 is 5.32 Å². The maximum absolute atomic E-state index is 11.5. The molecule has 1 heterocycles. The Balaban J connectivity index is 2.33. The van der Waals surface area contributed by atoms with E-state index in [4.69, 9.17) is 0 Å². The Morgan fingerprint density at radius 3 is 2.94 bits per heavy atom. The maximum atomic E-state index is 11.5. The molecule has 0 spiro atoms. The zero-order chi connectivity index (χ0) is 12.0. The molecule has 0 atom stereocenters. The monoisotopic (exact) mass is 224 g/mol. The summed E-state index contributed by atoms with van der Waals surface area (Å²) in [5.74, 6) is 1.08. The summed E-state index contributed by atoms with van der Waals surface area (Å²) in [5.41, 5.74) is 0. The summed E-state index contributed by atoms with van der Waals surface area (Å²) in [7, 11) is 1.80. The fraction of sp³-hybridized carbons (Fsp3) is 0.636. The van der Waals surface area contributed by atoms with Crippen molar-refractivity contribution < 1.29 is 4.79 Å². The Bertz CT molecular complexity index is 334. The number of aryl methyl sites for hydroxylation is 1. The third-order valence-electron chi connectivity index (χ3n) is 2.60. The summed E-state index contributed by atoms with van der Waals surface area (Å²) in [6, 6.07) is 0. The lowest BCUT2D eigenvalue weighted by atomic mass is 10.4. The number of amides is 1. The van der Waals surface area contributed by atoms with Crippen molar-refractivity contribution in [1.29, 1.82) is 0 Å². The Kier molecular flexibility index (Phi) is 4.98. The van der Waals surface area contributed by atoms with E-state index in [0.29, 0.717) is 13.1 Å². The molecule has 90 valence electrons. The number of aromatic nitrogens is 2. The number of carbonyl (C=O) groups is 1. The minimum absolute atomic E-state index is 0.108. The second-order valence-corrected chi connectivity index (χ2v) is 3.64. The van der Waals surface area contributed by atoms with Crippen LogP contribution in [-0.4, -0.2) is 40.5 Å². The van der Waals surface area contributed by atoms with Gasteiger partial charge in [-0.1, -0.05) is 0 Å². The highest BCUT2D eigenvalue weighted by atomic mass is 16.2. The zero-order valence-electron chi connectivity index (χ0n) is 10.2. The number of hydrogen-bond donors (Lipinski definition) is 1. The molecule has 1 N–H and O–H groups in total. The van der Waals surface area contributed by atoms with Gasteiger partial charge in [-0.15, -0.1) is 0 Å². The first-order valence-electron chi connectivity index (χ1n) is 5.63. The Hall–Kier alpha value is -1.36. The lowest BCUT2D eigenvalue weighted by molar-refractivity contribution is -0.128. The minimum atomic E-state index is 0.108. The summed E-state index contributed by atoms with van der Waals surface area (Å²) >= 11 is 0. The molecule has 0 saturated carbocycles. The maximum Gasteiger partial charge on any atom is 0.236 e. The molecule has 0 aliphatic carbocycles. The normalized spacial score (nSPS) is 10.4. The standard InChI is InChI=1S/C11H20N4O/c1-4-14(3)11(16)9-12-8-10-13-6-7-15(10)5-2/h6-7,12H,4-5,8-9H2,1-3H3. The predicted octanol–water partition coefficient (Wildman–Crippen LogP) is 0.471. The van der Waals surface area contributed by atoms with Gasteiger partial charge in [0.2, 0.25) is 5.91 Å². The van der Waals surface area contributed by atoms with E-state index in [1.165, 1.54) is 0 Å². The lowest BCUT2D eigenvalue weighted by Crippen LogP contribution is -2.35.